The van der Waals surface area contributed by atoms with Crippen molar-refractivity contribution >= 4 is 27.7 Å². The van der Waals surface area contributed by atoms with Crippen molar-refractivity contribution in [2.75, 3.05) is 11.5 Å². The molecular formula is C13H18BrNOS. The standard InChI is InChI=1S/C13H18BrNOS/c14-11-1-2-12(15-9-11)8-13(16)7-10-3-5-17-6-4-10/h1-2,9-10,13,16H,3-8H2. The molecule has 1 unspecified atom stereocenters. The third-order valence-corrected chi connectivity index (χ3v) is 4.70. The fraction of sp³-hybridized carbons (Fsp3) is 0.615. The van der Waals surface area contributed by atoms with Gasteiger partial charge in [0.1, 0.15) is 0 Å². The predicted octanol–water partition coefficient (Wildman–Crippen LogP) is 3.28. The Morgan fingerprint density at radius 1 is 1.41 bits per heavy atom. The van der Waals surface area contributed by atoms with Gasteiger partial charge in [-0.25, -0.2) is 0 Å². The zero-order valence-electron chi connectivity index (χ0n) is 9.81. The first-order valence-electron chi connectivity index (χ1n) is 6.10. The second-order valence-electron chi connectivity index (χ2n) is 4.62. The summed E-state index contributed by atoms with van der Waals surface area (Å²) in [4.78, 5) is 4.30. The number of rotatable bonds is 4. The molecule has 1 aliphatic rings. The van der Waals surface area contributed by atoms with Crippen LogP contribution in [0.25, 0.3) is 0 Å². The molecular weight excluding hydrogens is 298 g/mol. The SMILES string of the molecule is OC(Cc1ccc(Br)cn1)CC1CCSCC1. The third-order valence-electron chi connectivity index (χ3n) is 3.18. The Bertz CT molecular complexity index is 338. The lowest BCUT2D eigenvalue weighted by molar-refractivity contribution is 0.138. The summed E-state index contributed by atoms with van der Waals surface area (Å²) in [5.41, 5.74) is 0.978. The quantitative estimate of drug-likeness (QED) is 0.925. The lowest BCUT2D eigenvalue weighted by Crippen LogP contribution is -2.20. The maximum atomic E-state index is 10.1. The van der Waals surface area contributed by atoms with Gasteiger partial charge in [0.2, 0.25) is 0 Å². The summed E-state index contributed by atoms with van der Waals surface area (Å²) in [7, 11) is 0. The van der Waals surface area contributed by atoms with Crippen molar-refractivity contribution in [2.24, 2.45) is 5.92 Å². The summed E-state index contributed by atoms with van der Waals surface area (Å²) in [6.07, 6.45) is 5.68. The number of pyridine rings is 1. The lowest BCUT2D eigenvalue weighted by atomic mass is 9.94. The van der Waals surface area contributed by atoms with Crippen LogP contribution in [0.15, 0.2) is 22.8 Å². The van der Waals surface area contributed by atoms with Gasteiger partial charge in [0, 0.05) is 22.8 Å². The highest BCUT2D eigenvalue weighted by atomic mass is 79.9. The van der Waals surface area contributed by atoms with Crippen LogP contribution in [0.3, 0.4) is 0 Å². The number of halogens is 1. The first-order valence-corrected chi connectivity index (χ1v) is 8.05. The van der Waals surface area contributed by atoms with E-state index in [-0.39, 0.29) is 6.10 Å². The Labute approximate surface area is 115 Å². The zero-order valence-corrected chi connectivity index (χ0v) is 12.2. The van der Waals surface area contributed by atoms with Gasteiger partial charge in [-0.05, 0) is 64.7 Å². The van der Waals surface area contributed by atoms with Crippen molar-refractivity contribution in [3.63, 3.8) is 0 Å². The molecule has 94 valence electrons. The van der Waals surface area contributed by atoms with Crippen molar-refractivity contribution in [3.05, 3.63) is 28.5 Å². The van der Waals surface area contributed by atoms with Crippen LogP contribution in [0.2, 0.25) is 0 Å². The molecule has 1 aliphatic heterocycles. The van der Waals surface area contributed by atoms with Gasteiger partial charge in [0.05, 0.1) is 6.10 Å². The Morgan fingerprint density at radius 3 is 2.82 bits per heavy atom. The molecule has 0 aliphatic carbocycles. The Morgan fingerprint density at radius 2 is 2.18 bits per heavy atom. The van der Waals surface area contributed by atoms with E-state index in [0.717, 1.165) is 16.6 Å². The molecule has 0 amide bonds. The lowest BCUT2D eigenvalue weighted by Gasteiger charge is -2.23. The fourth-order valence-corrected chi connectivity index (χ4v) is 3.66. The van der Waals surface area contributed by atoms with Crippen LogP contribution in [-0.2, 0) is 6.42 Å². The number of aliphatic hydroxyl groups excluding tert-OH is 1. The highest BCUT2D eigenvalue weighted by Gasteiger charge is 2.18. The van der Waals surface area contributed by atoms with Gasteiger partial charge < -0.3 is 5.11 Å². The summed E-state index contributed by atoms with van der Waals surface area (Å²) in [6.45, 7) is 0. The molecule has 0 radical (unpaired) electrons. The van der Waals surface area contributed by atoms with Crippen LogP contribution >= 0.6 is 27.7 Å². The Kier molecular flexibility index (Phi) is 5.32. The van der Waals surface area contributed by atoms with Gasteiger partial charge >= 0.3 is 0 Å². The van der Waals surface area contributed by atoms with E-state index < -0.39 is 0 Å². The van der Waals surface area contributed by atoms with E-state index in [4.69, 9.17) is 0 Å². The molecule has 1 aromatic heterocycles. The minimum atomic E-state index is -0.239. The summed E-state index contributed by atoms with van der Waals surface area (Å²) < 4.78 is 0.986. The second-order valence-corrected chi connectivity index (χ2v) is 6.76. The largest absolute Gasteiger partial charge is 0.393 e. The van der Waals surface area contributed by atoms with E-state index in [1.54, 1.807) is 6.20 Å². The molecule has 0 spiro atoms. The van der Waals surface area contributed by atoms with Gasteiger partial charge in [0.25, 0.3) is 0 Å². The van der Waals surface area contributed by atoms with Gasteiger partial charge in [-0.2, -0.15) is 11.8 Å². The van der Waals surface area contributed by atoms with Crippen molar-refractivity contribution in [1.29, 1.82) is 0 Å². The molecule has 1 saturated heterocycles. The van der Waals surface area contributed by atoms with Crippen LogP contribution in [0, 0.1) is 5.92 Å². The average Bonchev–Trinajstić information content (AvgIpc) is 2.33. The molecule has 17 heavy (non-hydrogen) atoms. The van der Waals surface area contributed by atoms with Crippen molar-refractivity contribution in [1.82, 2.24) is 4.98 Å². The molecule has 1 N–H and O–H groups in total. The Hall–Kier alpha value is -0.0600. The minimum Gasteiger partial charge on any atom is -0.393 e. The van der Waals surface area contributed by atoms with Crippen molar-refractivity contribution in [2.45, 2.75) is 31.8 Å². The smallest absolute Gasteiger partial charge is 0.0598 e. The second kappa shape index (κ2) is 6.76. The van der Waals surface area contributed by atoms with Crippen molar-refractivity contribution < 1.29 is 5.11 Å². The molecule has 0 saturated carbocycles. The number of nitrogens with zero attached hydrogens (tertiary/aromatic N) is 1. The highest BCUT2D eigenvalue weighted by molar-refractivity contribution is 9.10. The van der Waals surface area contributed by atoms with E-state index >= 15 is 0 Å². The van der Waals surface area contributed by atoms with E-state index in [1.807, 2.05) is 23.9 Å². The monoisotopic (exact) mass is 315 g/mol. The van der Waals surface area contributed by atoms with E-state index in [0.29, 0.717) is 12.3 Å². The molecule has 2 rings (SSSR count). The third kappa shape index (κ3) is 4.60. The molecule has 2 heterocycles. The number of hydrogen-bond donors (Lipinski definition) is 1. The van der Waals surface area contributed by atoms with Gasteiger partial charge in [-0.3, -0.25) is 4.98 Å². The number of thioether (sulfide) groups is 1. The van der Waals surface area contributed by atoms with Crippen LogP contribution in [0.5, 0.6) is 0 Å². The Balaban J connectivity index is 1.79. The molecule has 1 atom stereocenters. The molecule has 4 heteroatoms. The maximum absolute atomic E-state index is 10.1. The average molecular weight is 316 g/mol. The summed E-state index contributed by atoms with van der Waals surface area (Å²) in [5.74, 6) is 3.23. The highest BCUT2D eigenvalue weighted by Crippen LogP contribution is 2.26. The van der Waals surface area contributed by atoms with Crippen molar-refractivity contribution in [3.8, 4) is 0 Å². The molecule has 1 fully saturated rings. The fourth-order valence-electron chi connectivity index (χ4n) is 2.22. The maximum Gasteiger partial charge on any atom is 0.0598 e. The first-order chi connectivity index (χ1) is 8.24. The molecule has 1 aromatic rings. The van der Waals surface area contributed by atoms with Gasteiger partial charge in [-0.1, -0.05) is 0 Å². The first kappa shape index (κ1) is 13.4. The molecule has 0 aromatic carbocycles. The van der Waals surface area contributed by atoms with Crippen LogP contribution in [0.1, 0.15) is 25.0 Å². The van der Waals surface area contributed by atoms with Crippen LogP contribution < -0.4 is 0 Å². The van der Waals surface area contributed by atoms with Gasteiger partial charge in [-0.15, -0.1) is 0 Å². The van der Waals surface area contributed by atoms with Crippen LogP contribution in [0.4, 0.5) is 0 Å². The summed E-state index contributed by atoms with van der Waals surface area (Å²) in [6, 6.07) is 3.95. The van der Waals surface area contributed by atoms with E-state index in [9.17, 15) is 5.11 Å². The molecule has 2 nitrogen and oxygen atoms in total. The van der Waals surface area contributed by atoms with E-state index in [1.165, 1.54) is 24.3 Å². The predicted molar refractivity (Wildman–Crippen MR) is 76.3 cm³/mol. The zero-order chi connectivity index (χ0) is 12.1. The van der Waals surface area contributed by atoms with Gasteiger partial charge in [0.15, 0.2) is 0 Å². The summed E-state index contributed by atoms with van der Waals surface area (Å²) in [5, 5.41) is 10.1. The molecule has 0 bridgehead atoms. The number of aromatic nitrogens is 1. The number of hydrogen-bond acceptors (Lipinski definition) is 3. The normalized spacial score (nSPS) is 19.2. The minimum absolute atomic E-state index is 0.239. The topological polar surface area (TPSA) is 33.1 Å². The number of aliphatic hydroxyl groups is 1. The van der Waals surface area contributed by atoms with E-state index in [2.05, 4.69) is 20.9 Å². The van der Waals surface area contributed by atoms with Crippen LogP contribution in [-0.4, -0.2) is 27.7 Å². The summed E-state index contributed by atoms with van der Waals surface area (Å²) >= 11 is 5.40.